The molecule has 0 atom stereocenters. The van der Waals surface area contributed by atoms with Crippen molar-refractivity contribution in [2.75, 3.05) is 0 Å². The van der Waals surface area contributed by atoms with E-state index in [1.54, 1.807) is 0 Å². The van der Waals surface area contributed by atoms with Gasteiger partial charge in [0.05, 0.1) is 22.9 Å². The standard InChI is InChI=1S/C56H34N2S/c1-2-21-42-35(13-1)14-10-27-44(42)49-28-12-30-51-50-29-11-26-43(55(50)59-56(49)51)40-19-8-17-38(32-40)36-15-7-16-37(31-36)39-18-9-20-41(33-39)52-34-57-53-47-24-5-3-22-45(47)46-23-4-6-25-48(46)54(53)58-52/h1-34H. The maximum absolute atomic E-state index is 5.27. The van der Waals surface area contributed by atoms with Gasteiger partial charge < -0.3 is 0 Å². The summed E-state index contributed by atoms with van der Waals surface area (Å²) in [6.45, 7) is 0. The smallest absolute Gasteiger partial charge is 0.0979 e. The Labute approximate surface area is 345 Å². The molecule has 2 nitrogen and oxygen atoms in total. The Morgan fingerprint density at radius 3 is 1.44 bits per heavy atom. The molecule has 10 aromatic carbocycles. The van der Waals surface area contributed by atoms with E-state index < -0.39 is 0 Å². The van der Waals surface area contributed by atoms with Crippen LogP contribution in [0.1, 0.15) is 0 Å². The number of aromatic nitrogens is 2. The van der Waals surface area contributed by atoms with Gasteiger partial charge in [-0.3, -0.25) is 4.98 Å². The van der Waals surface area contributed by atoms with Gasteiger partial charge in [0.15, 0.2) is 0 Å². The highest BCUT2D eigenvalue weighted by atomic mass is 32.1. The molecule has 12 aromatic rings. The largest absolute Gasteiger partial charge is 0.252 e. The van der Waals surface area contributed by atoms with E-state index >= 15 is 0 Å². The number of benzene rings is 10. The van der Waals surface area contributed by atoms with Crippen molar-refractivity contribution in [2.45, 2.75) is 0 Å². The van der Waals surface area contributed by atoms with E-state index in [1.165, 1.54) is 75.1 Å². The summed E-state index contributed by atoms with van der Waals surface area (Å²) in [5, 5.41) is 9.80. The Kier molecular flexibility index (Phi) is 7.75. The molecule has 0 unspecified atom stereocenters. The molecule has 3 heteroatoms. The first-order valence-corrected chi connectivity index (χ1v) is 20.9. The number of hydrogen-bond donors (Lipinski definition) is 0. The zero-order valence-electron chi connectivity index (χ0n) is 31.9. The van der Waals surface area contributed by atoms with Gasteiger partial charge >= 0.3 is 0 Å². The van der Waals surface area contributed by atoms with Crippen molar-refractivity contribution in [3.8, 4) is 55.8 Å². The number of nitrogens with zero attached hydrogens (tertiary/aromatic N) is 2. The summed E-state index contributed by atoms with van der Waals surface area (Å²) in [5.74, 6) is 0. The topological polar surface area (TPSA) is 25.8 Å². The van der Waals surface area contributed by atoms with Crippen LogP contribution in [-0.4, -0.2) is 9.97 Å². The number of thiophene rings is 1. The third-order valence-electron chi connectivity index (χ3n) is 11.9. The summed E-state index contributed by atoms with van der Waals surface area (Å²) in [7, 11) is 0. The second kappa shape index (κ2) is 13.6. The first-order chi connectivity index (χ1) is 29.2. The number of rotatable bonds is 5. The van der Waals surface area contributed by atoms with Crippen LogP contribution < -0.4 is 0 Å². The normalized spacial score (nSPS) is 11.7. The highest BCUT2D eigenvalue weighted by molar-refractivity contribution is 7.26. The summed E-state index contributed by atoms with van der Waals surface area (Å²) in [4.78, 5) is 10.3. The van der Waals surface area contributed by atoms with Crippen molar-refractivity contribution in [3.05, 3.63) is 206 Å². The van der Waals surface area contributed by atoms with Gasteiger partial charge in [0.2, 0.25) is 0 Å². The minimum Gasteiger partial charge on any atom is -0.252 e. The van der Waals surface area contributed by atoms with Gasteiger partial charge in [-0.1, -0.05) is 182 Å². The Morgan fingerprint density at radius 2 is 0.746 bits per heavy atom. The molecule has 2 heterocycles. The second-order valence-electron chi connectivity index (χ2n) is 15.3. The maximum atomic E-state index is 5.27. The summed E-state index contributed by atoms with van der Waals surface area (Å²) < 4.78 is 2.64. The molecule has 0 aliphatic rings. The fourth-order valence-corrected chi connectivity index (χ4v) is 10.4. The van der Waals surface area contributed by atoms with Gasteiger partial charge in [-0.2, -0.15) is 0 Å². The number of fused-ring (bicyclic) bond motifs is 10. The predicted octanol–water partition coefficient (Wildman–Crippen LogP) is 15.8. The molecule has 0 bridgehead atoms. The monoisotopic (exact) mass is 766 g/mol. The van der Waals surface area contributed by atoms with Crippen LogP contribution in [0.5, 0.6) is 0 Å². The molecule has 0 aliphatic carbocycles. The van der Waals surface area contributed by atoms with Crippen LogP contribution in [0.2, 0.25) is 0 Å². The zero-order valence-corrected chi connectivity index (χ0v) is 32.7. The van der Waals surface area contributed by atoms with E-state index in [4.69, 9.17) is 9.97 Å². The van der Waals surface area contributed by atoms with E-state index in [2.05, 4.69) is 200 Å². The van der Waals surface area contributed by atoms with Crippen LogP contribution >= 0.6 is 11.3 Å². The van der Waals surface area contributed by atoms with Crippen LogP contribution in [0.3, 0.4) is 0 Å². The van der Waals surface area contributed by atoms with E-state index in [1.807, 2.05) is 17.5 Å². The van der Waals surface area contributed by atoms with E-state index in [9.17, 15) is 0 Å². The van der Waals surface area contributed by atoms with E-state index in [0.29, 0.717) is 0 Å². The average molecular weight is 767 g/mol. The Morgan fingerprint density at radius 1 is 0.305 bits per heavy atom. The first-order valence-electron chi connectivity index (χ1n) is 20.1. The van der Waals surface area contributed by atoms with Crippen LogP contribution in [0.15, 0.2) is 206 Å². The summed E-state index contributed by atoms with van der Waals surface area (Å²) in [5.41, 5.74) is 13.5. The van der Waals surface area contributed by atoms with Gasteiger partial charge in [0.25, 0.3) is 0 Å². The molecular formula is C56H34N2S. The molecule has 0 amide bonds. The Bertz CT molecular complexity index is 3590. The number of hydrogen-bond acceptors (Lipinski definition) is 3. The van der Waals surface area contributed by atoms with Crippen LogP contribution in [0.4, 0.5) is 0 Å². The molecule has 0 radical (unpaired) electrons. The van der Waals surface area contributed by atoms with Gasteiger partial charge in [0.1, 0.15) is 0 Å². The summed E-state index contributed by atoms with van der Waals surface area (Å²) in [6.07, 6.45) is 1.92. The minimum atomic E-state index is 0.864. The van der Waals surface area contributed by atoms with Gasteiger partial charge in [-0.15, -0.1) is 11.3 Å². The highest BCUT2D eigenvalue weighted by Gasteiger charge is 2.16. The third-order valence-corrected chi connectivity index (χ3v) is 13.2. The predicted molar refractivity (Wildman–Crippen MR) is 252 cm³/mol. The Balaban J connectivity index is 0.916. The molecule has 0 saturated heterocycles. The SMILES string of the molecule is c1cc(-c2cccc(-c3cnc4c5ccccc5c5ccccc5c4n3)c2)cc(-c2cccc(-c3cccc4c3sc3c(-c5cccc6ccccc56)cccc34)c2)c1. The van der Waals surface area contributed by atoms with Crippen LogP contribution in [0, 0.1) is 0 Å². The quantitative estimate of drug-likeness (QED) is 0.163. The molecule has 0 aliphatic heterocycles. The van der Waals surface area contributed by atoms with Gasteiger partial charge in [0, 0.05) is 42.1 Å². The van der Waals surface area contributed by atoms with Crippen LogP contribution in [0.25, 0.3) is 119 Å². The fraction of sp³-hybridized carbons (Fsp3) is 0. The van der Waals surface area contributed by atoms with E-state index in [-0.39, 0.29) is 0 Å². The van der Waals surface area contributed by atoms with Crippen molar-refractivity contribution in [1.29, 1.82) is 0 Å². The maximum Gasteiger partial charge on any atom is 0.0979 e. The highest BCUT2D eigenvalue weighted by Crippen LogP contribution is 2.45. The summed E-state index contributed by atoms with van der Waals surface area (Å²) in [6, 6.07) is 72.4. The third kappa shape index (κ3) is 5.55. The zero-order chi connectivity index (χ0) is 38.9. The van der Waals surface area contributed by atoms with Crippen molar-refractivity contribution in [3.63, 3.8) is 0 Å². The second-order valence-corrected chi connectivity index (χ2v) is 16.3. The van der Waals surface area contributed by atoms with Crippen molar-refractivity contribution in [1.82, 2.24) is 9.97 Å². The molecule has 0 saturated carbocycles. The Hall–Kier alpha value is -7.46. The lowest BCUT2D eigenvalue weighted by molar-refractivity contribution is 1.31. The van der Waals surface area contributed by atoms with Gasteiger partial charge in [-0.25, -0.2) is 4.98 Å². The molecule has 12 rings (SSSR count). The lowest BCUT2D eigenvalue weighted by Crippen LogP contribution is -1.92. The summed E-state index contributed by atoms with van der Waals surface area (Å²) >= 11 is 1.91. The first kappa shape index (κ1) is 33.7. The van der Waals surface area contributed by atoms with Gasteiger partial charge in [-0.05, 0) is 78.7 Å². The molecule has 0 fully saturated rings. The molecule has 59 heavy (non-hydrogen) atoms. The fourth-order valence-electron chi connectivity index (χ4n) is 9.08. The van der Waals surface area contributed by atoms with Crippen molar-refractivity contribution < 1.29 is 0 Å². The van der Waals surface area contributed by atoms with Crippen molar-refractivity contribution >= 4 is 74.9 Å². The minimum absolute atomic E-state index is 0.864. The molecule has 0 N–H and O–H groups in total. The van der Waals surface area contributed by atoms with Crippen molar-refractivity contribution in [2.24, 2.45) is 0 Å². The molecule has 274 valence electrons. The lowest BCUT2D eigenvalue weighted by atomic mass is 9.94. The van der Waals surface area contributed by atoms with E-state index in [0.717, 1.165) is 44.2 Å². The molecular weight excluding hydrogens is 733 g/mol. The average Bonchev–Trinajstić information content (AvgIpc) is 3.71. The molecule has 2 aromatic heterocycles. The van der Waals surface area contributed by atoms with Crippen LogP contribution in [-0.2, 0) is 0 Å². The molecule has 0 spiro atoms. The lowest BCUT2D eigenvalue weighted by Gasteiger charge is -2.11.